The molecular weight excluding hydrogens is 398 g/mol. The maximum Gasteiger partial charge on any atom is 0.291 e. The fourth-order valence-electron chi connectivity index (χ4n) is 4.04. The predicted octanol–water partition coefficient (Wildman–Crippen LogP) is 1.76. The van der Waals surface area contributed by atoms with Crippen LogP contribution < -0.4 is 9.47 Å². The van der Waals surface area contributed by atoms with Gasteiger partial charge in [0.25, 0.3) is 5.91 Å². The van der Waals surface area contributed by atoms with Crippen molar-refractivity contribution in [3.63, 3.8) is 0 Å². The maximum absolute atomic E-state index is 13.5. The van der Waals surface area contributed by atoms with Crippen LogP contribution in [0.2, 0.25) is 0 Å². The first-order valence-electron chi connectivity index (χ1n) is 10.3. The molecule has 2 atom stereocenters. The Hall–Kier alpha value is -3.26. The van der Waals surface area contributed by atoms with Crippen LogP contribution in [0.5, 0.6) is 11.5 Å². The second-order valence-corrected chi connectivity index (χ2v) is 7.92. The summed E-state index contributed by atoms with van der Waals surface area (Å²) in [7, 11) is 3.89. The smallest absolute Gasteiger partial charge is 0.291 e. The van der Waals surface area contributed by atoms with Gasteiger partial charge in [-0.1, -0.05) is 6.07 Å². The van der Waals surface area contributed by atoms with Crippen molar-refractivity contribution in [1.29, 1.82) is 0 Å². The molecule has 2 unspecified atom stereocenters. The van der Waals surface area contributed by atoms with E-state index in [1.54, 1.807) is 42.6 Å². The van der Waals surface area contributed by atoms with Crippen molar-refractivity contribution < 1.29 is 23.9 Å². The third-order valence-electron chi connectivity index (χ3n) is 5.51. The number of nitrogens with zero attached hydrogens (tertiary/aromatic N) is 3. The molecule has 0 aliphatic carbocycles. The summed E-state index contributed by atoms with van der Waals surface area (Å²) in [6, 6.07) is 9.42. The first-order valence-corrected chi connectivity index (χ1v) is 10.3. The highest BCUT2D eigenvalue weighted by molar-refractivity contribution is 6.44. The molecule has 0 radical (unpaired) electrons. The summed E-state index contributed by atoms with van der Waals surface area (Å²) in [5.41, 5.74) is 0.842. The van der Waals surface area contributed by atoms with Gasteiger partial charge in [0.05, 0.1) is 11.7 Å². The summed E-state index contributed by atoms with van der Waals surface area (Å²) < 4.78 is 11.1. The predicted molar refractivity (Wildman–Crippen MR) is 112 cm³/mol. The zero-order chi connectivity index (χ0) is 22.0. The fourth-order valence-corrected chi connectivity index (χ4v) is 4.04. The number of aromatic nitrogens is 1. The summed E-state index contributed by atoms with van der Waals surface area (Å²) in [5.74, 6) is -1.87. The Kier molecular flexibility index (Phi) is 5.99. The number of amides is 1. The van der Waals surface area contributed by atoms with Crippen LogP contribution in [0.15, 0.2) is 42.6 Å². The van der Waals surface area contributed by atoms with Gasteiger partial charge in [0.1, 0.15) is 19.1 Å². The van der Waals surface area contributed by atoms with Crippen LogP contribution in [-0.2, 0) is 9.59 Å². The van der Waals surface area contributed by atoms with Crippen molar-refractivity contribution in [3.8, 4) is 11.5 Å². The molecule has 2 aliphatic heterocycles. The van der Waals surface area contributed by atoms with Gasteiger partial charge in [-0.05, 0) is 57.4 Å². The standard InChI is InChI=1S/C23H25N3O5/c1-25(2)10-5-11-26-20(16-6-3-4-9-24-16)19(22(28)23(26)29)21(27)15-7-8-17-18(14-15)31-13-12-30-17/h3-4,6-9,14,19-20H,5,10-13H2,1-2H3. The van der Waals surface area contributed by atoms with Gasteiger partial charge >= 0.3 is 0 Å². The van der Waals surface area contributed by atoms with Crippen LogP contribution in [0.25, 0.3) is 0 Å². The van der Waals surface area contributed by atoms with Crippen LogP contribution in [0.3, 0.4) is 0 Å². The van der Waals surface area contributed by atoms with E-state index >= 15 is 0 Å². The molecule has 4 rings (SSSR count). The summed E-state index contributed by atoms with van der Waals surface area (Å²) >= 11 is 0. The van der Waals surface area contributed by atoms with Crippen molar-refractivity contribution in [2.75, 3.05) is 40.4 Å². The number of likely N-dealkylation sites (tertiary alicyclic amines) is 1. The minimum Gasteiger partial charge on any atom is -0.486 e. The van der Waals surface area contributed by atoms with E-state index in [0.29, 0.717) is 48.9 Å². The van der Waals surface area contributed by atoms with E-state index in [1.807, 2.05) is 19.0 Å². The Morgan fingerprint density at radius 1 is 1.13 bits per heavy atom. The highest BCUT2D eigenvalue weighted by Gasteiger charge is 2.52. The Morgan fingerprint density at radius 3 is 2.61 bits per heavy atom. The van der Waals surface area contributed by atoms with Crippen LogP contribution in [0.4, 0.5) is 0 Å². The minimum atomic E-state index is -1.15. The number of carbonyl (C=O) groups excluding carboxylic acids is 3. The van der Waals surface area contributed by atoms with Crippen molar-refractivity contribution in [2.45, 2.75) is 12.5 Å². The molecule has 3 heterocycles. The summed E-state index contributed by atoms with van der Waals surface area (Å²) in [6.07, 6.45) is 2.28. The lowest BCUT2D eigenvalue weighted by Crippen LogP contribution is -2.33. The number of Topliss-reactive ketones (excluding diaryl/α,β-unsaturated/α-hetero) is 2. The molecule has 1 aromatic heterocycles. The lowest BCUT2D eigenvalue weighted by molar-refractivity contribution is -0.140. The van der Waals surface area contributed by atoms with Gasteiger partial charge in [-0.3, -0.25) is 19.4 Å². The summed E-state index contributed by atoms with van der Waals surface area (Å²) in [5, 5.41) is 0. The Morgan fingerprint density at radius 2 is 1.90 bits per heavy atom. The normalized spacial score (nSPS) is 20.4. The quantitative estimate of drug-likeness (QED) is 0.381. The van der Waals surface area contributed by atoms with Gasteiger partial charge < -0.3 is 19.3 Å². The first kappa shape index (κ1) is 21.0. The Balaban J connectivity index is 1.68. The Bertz CT molecular complexity index is 992. The SMILES string of the molecule is CN(C)CCCN1C(=O)C(=O)C(C(=O)c2ccc3c(c2)OCCO3)C1c1ccccn1. The monoisotopic (exact) mass is 423 g/mol. The number of ketones is 2. The van der Waals surface area contributed by atoms with Gasteiger partial charge in [0.15, 0.2) is 17.3 Å². The third-order valence-corrected chi connectivity index (χ3v) is 5.51. The fraction of sp³-hybridized carbons (Fsp3) is 0.391. The molecule has 8 heteroatoms. The highest BCUT2D eigenvalue weighted by atomic mass is 16.6. The average Bonchev–Trinajstić information content (AvgIpc) is 3.03. The van der Waals surface area contributed by atoms with Gasteiger partial charge in [-0.15, -0.1) is 0 Å². The van der Waals surface area contributed by atoms with Crippen molar-refractivity contribution in [1.82, 2.24) is 14.8 Å². The van der Waals surface area contributed by atoms with Gasteiger partial charge in [-0.2, -0.15) is 0 Å². The van der Waals surface area contributed by atoms with E-state index in [1.165, 1.54) is 4.90 Å². The zero-order valence-corrected chi connectivity index (χ0v) is 17.6. The number of ether oxygens (including phenoxy) is 2. The van der Waals surface area contributed by atoms with Gasteiger partial charge in [0, 0.05) is 18.3 Å². The summed E-state index contributed by atoms with van der Waals surface area (Å²) in [4.78, 5) is 47.2. The molecule has 0 saturated carbocycles. The van der Waals surface area contributed by atoms with E-state index in [4.69, 9.17) is 9.47 Å². The number of hydrogen-bond donors (Lipinski definition) is 0. The molecule has 1 fully saturated rings. The van der Waals surface area contributed by atoms with E-state index < -0.39 is 29.4 Å². The second kappa shape index (κ2) is 8.85. The number of hydrogen-bond acceptors (Lipinski definition) is 7. The number of carbonyl (C=O) groups is 3. The largest absolute Gasteiger partial charge is 0.486 e. The van der Waals surface area contributed by atoms with E-state index in [2.05, 4.69) is 4.98 Å². The number of pyridine rings is 1. The molecule has 1 saturated heterocycles. The topological polar surface area (TPSA) is 89.0 Å². The molecule has 0 N–H and O–H groups in total. The molecule has 1 aromatic carbocycles. The maximum atomic E-state index is 13.5. The lowest BCUT2D eigenvalue weighted by atomic mass is 9.88. The van der Waals surface area contributed by atoms with Crippen LogP contribution in [0.1, 0.15) is 28.5 Å². The number of rotatable bonds is 7. The van der Waals surface area contributed by atoms with Crippen LogP contribution in [0, 0.1) is 5.92 Å². The molecule has 162 valence electrons. The Labute approximate surface area is 180 Å². The molecule has 2 aromatic rings. The van der Waals surface area contributed by atoms with Gasteiger partial charge in [-0.25, -0.2) is 0 Å². The van der Waals surface area contributed by atoms with Crippen molar-refractivity contribution >= 4 is 17.5 Å². The van der Waals surface area contributed by atoms with E-state index in [-0.39, 0.29) is 0 Å². The molecule has 0 bridgehead atoms. The van der Waals surface area contributed by atoms with Crippen molar-refractivity contribution in [2.24, 2.45) is 5.92 Å². The lowest BCUT2D eigenvalue weighted by Gasteiger charge is -2.27. The first-order chi connectivity index (χ1) is 15.0. The number of benzene rings is 1. The summed E-state index contributed by atoms with van der Waals surface area (Å²) in [6.45, 7) is 1.96. The molecule has 2 aliphatic rings. The van der Waals surface area contributed by atoms with Crippen LogP contribution >= 0.6 is 0 Å². The molecule has 1 amide bonds. The highest BCUT2D eigenvalue weighted by Crippen LogP contribution is 2.39. The van der Waals surface area contributed by atoms with E-state index in [0.717, 1.165) is 6.54 Å². The second-order valence-electron chi connectivity index (χ2n) is 7.92. The minimum absolute atomic E-state index is 0.312. The van der Waals surface area contributed by atoms with E-state index in [9.17, 15) is 14.4 Å². The molecule has 8 nitrogen and oxygen atoms in total. The molecular formula is C23H25N3O5. The average molecular weight is 423 g/mol. The molecule has 31 heavy (non-hydrogen) atoms. The third kappa shape index (κ3) is 4.16. The van der Waals surface area contributed by atoms with Gasteiger partial charge in [0.2, 0.25) is 5.78 Å². The van der Waals surface area contributed by atoms with Crippen LogP contribution in [-0.4, -0.2) is 72.7 Å². The zero-order valence-electron chi connectivity index (χ0n) is 17.6. The molecule has 0 spiro atoms. The van der Waals surface area contributed by atoms with Crippen molar-refractivity contribution in [3.05, 3.63) is 53.9 Å². The number of fused-ring (bicyclic) bond motifs is 1.